The first-order valence-electron chi connectivity index (χ1n) is 9.57. The zero-order chi connectivity index (χ0) is 20.3. The fraction of sp³-hybridized carbons (Fsp3) is 0. The molecule has 1 amide bonds. The Labute approximate surface area is 178 Å². The van der Waals surface area contributed by atoms with E-state index in [1.54, 1.807) is 11.0 Å². The molecule has 5 heteroatoms. The second-order valence-corrected chi connectivity index (χ2v) is 7.74. The second-order valence-electron chi connectivity index (χ2n) is 6.73. The van der Waals surface area contributed by atoms with Crippen LogP contribution in [0.1, 0.15) is 11.1 Å². The van der Waals surface area contributed by atoms with Gasteiger partial charge in [0, 0.05) is 5.56 Å². The molecule has 30 heavy (non-hydrogen) atoms. The van der Waals surface area contributed by atoms with Crippen LogP contribution in [-0.2, 0) is 4.79 Å². The average Bonchev–Trinajstić information content (AvgIpc) is 3.36. The quantitative estimate of drug-likeness (QED) is 0.408. The topological polar surface area (TPSA) is 45.6 Å². The monoisotopic (exact) mass is 407 g/mol. The van der Waals surface area contributed by atoms with Crippen molar-refractivity contribution in [2.24, 2.45) is 4.99 Å². The van der Waals surface area contributed by atoms with Crippen molar-refractivity contribution in [3.63, 3.8) is 0 Å². The number of allylic oxidation sites excluding steroid dienone is 2. The van der Waals surface area contributed by atoms with Gasteiger partial charge in [0.15, 0.2) is 5.13 Å². The third kappa shape index (κ3) is 3.47. The number of para-hydroxylation sites is 1. The Morgan fingerprint density at radius 3 is 2.30 bits per heavy atom. The molecule has 0 saturated heterocycles. The summed E-state index contributed by atoms with van der Waals surface area (Å²) in [6.07, 6.45) is 5.57. The van der Waals surface area contributed by atoms with E-state index in [9.17, 15) is 4.79 Å². The van der Waals surface area contributed by atoms with Crippen LogP contribution in [0.15, 0.2) is 108 Å². The van der Waals surface area contributed by atoms with E-state index < -0.39 is 0 Å². The molecule has 0 atom stereocenters. The van der Waals surface area contributed by atoms with E-state index in [2.05, 4.69) is 9.98 Å². The van der Waals surface area contributed by atoms with Crippen LogP contribution in [0.25, 0.3) is 16.3 Å². The first-order chi connectivity index (χ1) is 14.8. The molecular weight excluding hydrogens is 390 g/mol. The van der Waals surface area contributed by atoms with E-state index in [0.29, 0.717) is 16.7 Å². The number of benzene rings is 3. The molecule has 0 bridgehead atoms. The summed E-state index contributed by atoms with van der Waals surface area (Å²) in [5, 5.41) is 0.624. The van der Waals surface area contributed by atoms with Gasteiger partial charge in [0.2, 0.25) is 0 Å². The average molecular weight is 407 g/mol. The number of rotatable bonds is 4. The van der Waals surface area contributed by atoms with Gasteiger partial charge in [-0.2, -0.15) is 0 Å². The number of hydrogen-bond acceptors (Lipinski definition) is 4. The number of aliphatic imine (C=N–C) groups is 1. The molecule has 3 aromatic carbocycles. The van der Waals surface area contributed by atoms with Crippen LogP contribution >= 0.6 is 11.3 Å². The van der Waals surface area contributed by atoms with Crippen molar-refractivity contribution < 1.29 is 4.79 Å². The highest BCUT2D eigenvalue weighted by Crippen LogP contribution is 2.33. The Hall–Kier alpha value is -3.83. The summed E-state index contributed by atoms with van der Waals surface area (Å²) in [5.41, 5.74) is 3.20. The minimum Gasteiger partial charge on any atom is -0.266 e. The highest BCUT2D eigenvalue weighted by Gasteiger charge is 2.34. The molecule has 2 heterocycles. The van der Waals surface area contributed by atoms with E-state index in [1.807, 2.05) is 97.1 Å². The summed E-state index contributed by atoms with van der Waals surface area (Å²) < 4.78 is 1.04. The maximum atomic E-state index is 13.3. The highest BCUT2D eigenvalue weighted by molar-refractivity contribution is 7.22. The van der Waals surface area contributed by atoms with Gasteiger partial charge in [-0.25, -0.2) is 14.9 Å². The molecule has 5 rings (SSSR count). The predicted molar refractivity (Wildman–Crippen MR) is 124 cm³/mol. The lowest BCUT2D eigenvalue weighted by Crippen LogP contribution is -2.32. The number of thiazole rings is 1. The number of amidine groups is 1. The lowest BCUT2D eigenvalue weighted by Gasteiger charge is -2.14. The molecule has 4 nitrogen and oxygen atoms in total. The molecule has 0 spiro atoms. The van der Waals surface area contributed by atoms with Gasteiger partial charge in [0.1, 0.15) is 11.5 Å². The number of anilines is 1. The largest absolute Gasteiger partial charge is 0.284 e. The van der Waals surface area contributed by atoms with Crippen molar-refractivity contribution >= 4 is 44.5 Å². The van der Waals surface area contributed by atoms with Gasteiger partial charge in [-0.3, -0.25) is 4.79 Å². The fourth-order valence-electron chi connectivity index (χ4n) is 3.26. The van der Waals surface area contributed by atoms with E-state index in [4.69, 9.17) is 0 Å². The number of amides is 1. The van der Waals surface area contributed by atoms with Crippen molar-refractivity contribution in [2.45, 2.75) is 0 Å². The lowest BCUT2D eigenvalue weighted by atomic mass is 10.2. The molecule has 0 radical (unpaired) electrons. The van der Waals surface area contributed by atoms with Crippen molar-refractivity contribution in [1.29, 1.82) is 0 Å². The SMILES string of the molecule is O=C1/C(=C/C=C/c2ccccc2)N=C(c2ccccc2)N1c1nc2ccccc2s1. The number of carbonyl (C=O) groups excluding carboxylic acids is 1. The van der Waals surface area contributed by atoms with Crippen LogP contribution < -0.4 is 4.90 Å². The van der Waals surface area contributed by atoms with Crippen LogP contribution in [-0.4, -0.2) is 16.7 Å². The molecule has 1 aliphatic heterocycles. The summed E-state index contributed by atoms with van der Waals surface area (Å²) in [6, 6.07) is 27.6. The number of aromatic nitrogens is 1. The third-order valence-electron chi connectivity index (χ3n) is 4.71. The standard InChI is InChI=1S/C25H17N3OS/c29-24-21(16-9-12-18-10-3-1-4-11-18)26-23(19-13-5-2-6-14-19)28(24)25-27-20-15-7-8-17-22(20)30-25/h1-17H/b12-9+,21-16-. The number of hydrogen-bond donors (Lipinski definition) is 0. The van der Waals surface area contributed by atoms with Crippen molar-refractivity contribution in [3.8, 4) is 0 Å². The number of nitrogens with zero attached hydrogens (tertiary/aromatic N) is 3. The predicted octanol–water partition coefficient (Wildman–Crippen LogP) is 5.69. The molecule has 0 N–H and O–H groups in total. The summed E-state index contributed by atoms with van der Waals surface area (Å²) >= 11 is 1.49. The summed E-state index contributed by atoms with van der Waals surface area (Å²) in [4.78, 5) is 24.2. The first kappa shape index (κ1) is 18.2. The van der Waals surface area contributed by atoms with Gasteiger partial charge in [0.05, 0.1) is 10.2 Å². The maximum absolute atomic E-state index is 13.3. The normalized spacial score (nSPS) is 15.5. The molecule has 1 aromatic heterocycles. The zero-order valence-corrected chi connectivity index (χ0v) is 16.8. The van der Waals surface area contributed by atoms with Gasteiger partial charge in [0.25, 0.3) is 5.91 Å². The number of fused-ring (bicyclic) bond motifs is 1. The van der Waals surface area contributed by atoms with Gasteiger partial charge in [-0.1, -0.05) is 96.3 Å². The molecule has 0 fully saturated rings. The van der Waals surface area contributed by atoms with Gasteiger partial charge < -0.3 is 0 Å². The van der Waals surface area contributed by atoms with E-state index in [0.717, 1.165) is 21.3 Å². The highest BCUT2D eigenvalue weighted by atomic mass is 32.1. The van der Waals surface area contributed by atoms with Crippen LogP contribution in [0.2, 0.25) is 0 Å². The number of carbonyl (C=O) groups is 1. The Kier molecular flexibility index (Phi) is 4.79. The van der Waals surface area contributed by atoms with E-state index in [1.165, 1.54) is 11.3 Å². The Balaban J connectivity index is 1.55. The first-order valence-corrected chi connectivity index (χ1v) is 10.4. The minimum atomic E-state index is -0.175. The summed E-state index contributed by atoms with van der Waals surface area (Å²) in [6.45, 7) is 0. The van der Waals surface area contributed by atoms with Gasteiger partial charge >= 0.3 is 0 Å². The molecule has 144 valence electrons. The smallest absolute Gasteiger partial charge is 0.266 e. The maximum Gasteiger partial charge on any atom is 0.284 e. The van der Waals surface area contributed by atoms with Crippen LogP contribution in [0, 0.1) is 0 Å². The van der Waals surface area contributed by atoms with Crippen LogP contribution in [0.4, 0.5) is 5.13 Å². The van der Waals surface area contributed by atoms with E-state index in [-0.39, 0.29) is 5.91 Å². The second kappa shape index (κ2) is 7.89. The Morgan fingerprint density at radius 2 is 1.53 bits per heavy atom. The third-order valence-corrected chi connectivity index (χ3v) is 5.73. The van der Waals surface area contributed by atoms with E-state index >= 15 is 0 Å². The van der Waals surface area contributed by atoms with Gasteiger partial charge in [-0.15, -0.1) is 0 Å². The summed E-state index contributed by atoms with van der Waals surface area (Å²) in [5.74, 6) is 0.421. The Bertz CT molecular complexity index is 1270. The Morgan fingerprint density at radius 1 is 0.833 bits per heavy atom. The molecule has 1 aliphatic rings. The van der Waals surface area contributed by atoms with Crippen molar-refractivity contribution in [2.75, 3.05) is 4.90 Å². The van der Waals surface area contributed by atoms with Crippen molar-refractivity contribution in [1.82, 2.24) is 4.98 Å². The van der Waals surface area contributed by atoms with Crippen LogP contribution in [0.5, 0.6) is 0 Å². The van der Waals surface area contributed by atoms with Gasteiger partial charge in [-0.05, 0) is 23.8 Å². The lowest BCUT2D eigenvalue weighted by molar-refractivity contribution is -0.113. The molecular formula is C25H17N3OS. The summed E-state index contributed by atoms with van der Waals surface area (Å²) in [7, 11) is 0. The van der Waals surface area contributed by atoms with Crippen LogP contribution in [0.3, 0.4) is 0 Å². The molecule has 4 aromatic rings. The minimum absolute atomic E-state index is 0.175. The molecule has 0 aliphatic carbocycles. The molecule has 0 saturated carbocycles. The molecule has 0 unspecified atom stereocenters. The van der Waals surface area contributed by atoms with Crippen molar-refractivity contribution in [3.05, 3.63) is 114 Å². The fourth-order valence-corrected chi connectivity index (χ4v) is 4.23. The zero-order valence-electron chi connectivity index (χ0n) is 16.0.